The molecule has 0 aliphatic heterocycles. The van der Waals surface area contributed by atoms with E-state index < -0.39 is 32.5 Å². The first-order valence-corrected chi connectivity index (χ1v) is 21.0. The lowest BCUT2D eigenvalue weighted by molar-refractivity contribution is -0.870. The van der Waals surface area contributed by atoms with Gasteiger partial charge in [0.2, 0.25) is 0 Å². The maximum absolute atomic E-state index is 12.6. The van der Waals surface area contributed by atoms with Crippen LogP contribution in [0.1, 0.15) is 136 Å². The van der Waals surface area contributed by atoms with Crippen molar-refractivity contribution in [3.05, 3.63) is 60.8 Å². The van der Waals surface area contributed by atoms with Gasteiger partial charge in [0.1, 0.15) is 19.8 Å². The third-order valence-electron chi connectivity index (χ3n) is 7.85. The Hall–Kier alpha value is -2.29. The van der Waals surface area contributed by atoms with Crippen molar-refractivity contribution < 1.29 is 42.1 Å². The average Bonchev–Trinajstić information content (AvgIpc) is 3.07. The molecule has 0 aliphatic rings. The summed E-state index contributed by atoms with van der Waals surface area (Å²) in [7, 11) is 1.41. The van der Waals surface area contributed by atoms with Gasteiger partial charge in [-0.3, -0.25) is 18.6 Å². The highest BCUT2D eigenvalue weighted by atomic mass is 31.2. The Balaban J connectivity index is 4.59. The summed E-state index contributed by atoms with van der Waals surface area (Å²) in [6.45, 7) is 4.16. The summed E-state index contributed by atoms with van der Waals surface area (Å²) in [4.78, 5) is 35.1. The quantitative estimate of drug-likeness (QED) is 0.0229. The minimum atomic E-state index is -4.39. The highest BCUT2D eigenvalue weighted by Crippen LogP contribution is 2.43. The van der Waals surface area contributed by atoms with Crippen LogP contribution in [0.5, 0.6) is 0 Å². The van der Waals surface area contributed by atoms with Crippen LogP contribution >= 0.6 is 7.82 Å². The topological polar surface area (TPSA) is 108 Å². The van der Waals surface area contributed by atoms with Gasteiger partial charge in [-0.1, -0.05) is 145 Å². The molecule has 0 fully saturated rings. The van der Waals surface area contributed by atoms with Gasteiger partial charge < -0.3 is 18.9 Å². The van der Waals surface area contributed by atoms with Crippen molar-refractivity contribution in [2.75, 3.05) is 47.5 Å². The molecule has 2 unspecified atom stereocenters. The number of quaternary nitrogens is 1. The molecule has 10 heteroatoms. The molecule has 0 aromatic heterocycles. The van der Waals surface area contributed by atoms with Crippen LogP contribution in [0.25, 0.3) is 0 Å². The molecule has 2 atom stereocenters. The van der Waals surface area contributed by atoms with Crippen molar-refractivity contribution in [2.45, 2.75) is 142 Å². The predicted molar refractivity (Wildman–Crippen MR) is 210 cm³/mol. The van der Waals surface area contributed by atoms with E-state index >= 15 is 0 Å². The van der Waals surface area contributed by atoms with Crippen LogP contribution in [0.4, 0.5) is 0 Å². The van der Waals surface area contributed by atoms with E-state index in [0.29, 0.717) is 17.4 Å². The fraction of sp³-hybridized carbons (Fsp3) is 0.707. The Morgan fingerprint density at radius 1 is 0.627 bits per heavy atom. The van der Waals surface area contributed by atoms with Crippen LogP contribution in [0.2, 0.25) is 0 Å². The summed E-state index contributed by atoms with van der Waals surface area (Å²) >= 11 is 0. The van der Waals surface area contributed by atoms with Gasteiger partial charge >= 0.3 is 19.8 Å². The van der Waals surface area contributed by atoms with Crippen LogP contribution < -0.4 is 0 Å². The highest BCUT2D eigenvalue weighted by molar-refractivity contribution is 7.47. The minimum Gasteiger partial charge on any atom is -0.462 e. The maximum Gasteiger partial charge on any atom is 0.472 e. The molecule has 0 bridgehead atoms. The molecule has 0 radical (unpaired) electrons. The number of carbonyl (C=O) groups is 2. The number of nitrogens with zero attached hydrogens (tertiary/aromatic N) is 1. The van der Waals surface area contributed by atoms with E-state index in [-0.39, 0.29) is 26.1 Å². The molecule has 0 aromatic carbocycles. The molecule has 51 heavy (non-hydrogen) atoms. The van der Waals surface area contributed by atoms with Crippen LogP contribution in [0, 0.1) is 0 Å². The van der Waals surface area contributed by atoms with Gasteiger partial charge in [-0.25, -0.2) is 4.57 Å². The first-order valence-electron chi connectivity index (χ1n) is 19.5. The summed E-state index contributed by atoms with van der Waals surface area (Å²) < 4.78 is 34.0. The van der Waals surface area contributed by atoms with Gasteiger partial charge in [-0.2, -0.15) is 0 Å². The SMILES string of the molecule is CC/C=C\C/C=C\C/C=C\C/C=C\C/C=C\CC(=O)OC(COC(=O)CCCCCCCCCCCCCC)COP(=O)(O)OCC[N+](C)(C)C. The van der Waals surface area contributed by atoms with Crippen molar-refractivity contribution in [1.29, 1.82) is 0 Å². The lowest BCUT2D eigenvalue weighted by atomic mass is 10.0. The Bertz CT molecular complexity index is 1060. The second-order valence-corrected chi connectivity index (χ2v) is 15.4. The van der Waals surface area contributed by atoms with Gasteiger partial charge in [0.15, 0.2) is 6.10 Å². The van der Waals surface area contributed by atoms with Gasteiger partial charge in [0, 0.05) is 6.42 Å². The van der Waals surface area contributed by atoms with E-state index in [2.05, 4.69) is 56.4 Å². The average molecular weight is 739 g/mol. The van der Waals surface area contributed by atoms with Crippen LogP contribution in [0.3, 0.4) is 0 Å². The zero-order chi connectivity index (χ0) is 37.9. The van der Waals surface area contributed by atoms with Gasteiger partial charge in [0.25, 0.3) is 0 Å². The zero-order valence-electron chi connectivity index (χ0n) is 32.8. The molecule has 9 nitrogen and oxygen atoms in total. The molecular formula is C41H73NO8P+. The summed E-state index contributed by atoms with van der Waals surface area (Å²) in [6, 6.07) is 0. The smallest absolute Gasteiger partial charge is 0.462 e. The second-order valence-electron chi connectivity index (χ2n) is 14.0. The van der Waals surface area contributed by atoms with Gasteiger partial charge in [0.05, 0.1) is 34.2 Å². The summed E-state index contributed by atoms with van der Waals surface area (Å²) in [5.74, 6) is -0.951. The predicted octanol–water partition coefficient (Wildman–Crippen LogP) is 10.5. The van der Waals surface area contributed by atoms with Crippen molar-refractivity contribution in [1.82, 2.24) is 0 Å². The van der Waals surface area contributed by atoms with Crippen molar-refractivity contribution in [3.63, 3.8) is 0 Å². The largest absolute Gasteiger partial charge is 0.472 e. The first kappa shape index (κ1) is 48.7. The summed E-state index contributed by atoms with van der Waals surface area (Å²) in [6.07, 6.45) is 38.7. The number of likely N-dealkylation sites (N-methyl/N-ethyl adjacent to an activating group) is 1. The highest BCUT2D eigenvalue weighted by Gasteiger charge is 2.26. The number of allylic oxidation sites excluding steroid dienone is 9. The van der Waals surface area contributed by atoms with Gasteiger partial charge in [-0.15, -0.1) is 0 Å². The first-order chi connectivity index (χ1) is 24.5. The molecule has 0 amide bonds. The Kier molecular flexibility index (Phi) is 32.0. The van der Waals surface area contributed by atoms with E-state index in [9.17, 15) is 19.0 Å². The lowest BCUT2D eigenvalue weighted by Gasteiger charge is -2.24. The number of unbranched alkanes of at least 4 members (excludes halogenated alkanes) is 11. The van der Waals surface area contributed by atoms with E-state index in [1.807, 2.05) is 33.3 Å². The van der Waals surface area contributed by atoms with E-state index in [0.717, 1.165) is 44.9 Å². The number of hydrogen-bond acceptors (Lipinski definition) is 7. The molecular weight excluding hydrogens is 665 g/mol. The Labute approximate surface area is 311 Å². The number of rotatable bonds is 34. The third kappa shape index (κ3) is 37.3. The monoisotopic (exact) mass is 739 g/mol. The van der Waals surface area contributed by atoms with E-state index in [4.69, 9.17) is 18.5 Å². The van der Waals surface area contributed by atoms with Crippen molar-refractivity contribution in [3.8, 4) is 0 Å². The lowest BCUT2D eigenvalue weighted by Crippen LogP contribution is -2.37. The number of hydrogen-bond donors (Lipinski definition) is 1. The number of carbonyl (C=O) groups excluding carboxylic acids is 2. The van der Waals surface area contributed by atoms with E-state index in [1.165, 1.54) is 57.8 Å². The minimum absolute atomic E-state index is 0.00755. The van der Waals surface area contributed by atoms with Gasteiger partial charge in [-0.05, 0) is 38.5 Å². The fourth-order valence-electron chi connectivity index (χ4n) is 4.79. The molecule has 0 rings (SSSR count). The normalized spacial score (nSPS) is 14.4. The maximum atomic E-state index is 12.6. The molecule has 0 saturated heterocycles. The molecule has 0 aliphatic carbocycles. The number of phosphoric acid groups is 1. The van der Waals surface area contributed by atoms with Crippen LogP contribution in [0.15, 0.2) is 60.8 Å². The van der Waals surface area contributed by atoms with Crippen LogP contribution in [-0.4, -0.2) is 74.9 Å². The van der Waals surface area contributed by atoms with Crippen LogP contribution in [-0.2, 0) is 32.7 Å². The Morgan fingerprint density at radius 2 is 1.10 bits per heavy atom. The summed E-state index contributed by atoms with van der Waals surface area (Å²) in [5, 5.41) is 0. The van der Waals surface area contributed by atoms with Crippen molar-refractivity contribution in [2.24, 2.45) is 0 Å². The second kappa shape index (κ2) is 33.5. The zero-order valence-corrected chi connectivity index (χ0v) is 33.7. The van der Waals surface area contributed by atoms with Crippen molar-refractivity contribution >= 4 is 19.8 Å². The number of esters is 2. The number of phosphoric ester groups is 1. The summed E-state index contributed by atoms with van der Waals surface area (Å²) in [5.41, 5.74) is 0. The Morgan fingerprint density at radius 3 is 1.59 bits per heavy atom. The molecule has 1 N–H and O–H groups in total. The van der Waals surface area contributed by atoms with E-state index in [1.54, 1.807) is 6.08 Å². The molecule has 0 spiro atoms. The third-order valence-corrected chi connectivity index (χ3v) is 8.83. The molecule has 0 saturated carbocycles. The molecule has 294 valence electrons. The number of ether oxygens (including phenoxy) is 2. The fourth-order valence-corrected chi connectivity index (χ4v) is 5.54. The standard InChI is InChI=1S/C41H72NO8P/c1-6-8-10-12-14-16-18-20-21-22-24-26-28-30-32-34-41(44)50-39(38-49-51(45,46)48-36-35-42(3,4)5)37-47-40(43)33-31-29-27-25-23-19-17-15-13-11-9-7-2/h8,10,14,16,20-21,24,26,30,32,39H,6-7,9,11-13,15,17-19,22-23,25,27-29,31,33-38H2,1-5H3/p+1/b10-8-,16-14-,21-20-,26-24-,32-30-. The molecule has 0 aromatic rings. The molecule has 0 heterocycles.